The van der Waals surface area contributed by atoms with Crippen LogP contribution >= 0.6 is 11.6 Å². The molecule has 0 aliphatic heterocycles. The van der Waals surface area contributed by atoms with Crippen LogP contribution in [0, 0.1) is 5.82 Å². The molecule has 0 aliphatic rings. The first kappa shape index (κ1) is 29.1. The number of carbonyl (C=O) groups excluding carboxylic acids is 2. The van der Waals surface area contributed by atoms with Gasteiger partial charge in [0.15, 0.2) is 0 Å². The van der Waals surface area contributed by atoms with E-state index in [0.29, 0.717) is 18.0 Å². The molecule has 0 saturated carbocycles. The molecule has 38 heavy (non-hydrogen) atoms. The Labute approximate surface area is 228 Å². The van der Waals surface area contributed by atoms with E-state index in [4.69, 9.17) is 11.6 Å². The summed E-state index contributed by atoms with van der Waals surface area (Å²) < 4.78 is 41.9. The topological polar surface area (TPSA) is 86.8 Å². The van der Waals surface area contributed by atoms with Gasteiger partial charge in [0.2, 0.25) is 11.8 Å². The Morgan fingerprint density at radius 3 is 2.16 bits per heavy atom. The maximum atomic E-state index is 13.9. The summed E-state index contributed by atoms with van der Waals surface area (Å²) in [4.78, 5) is 28.3. The number of amides is 2. The van der Waals surface area contributed by atoms with Crippen LogP contribution in [0.3, 0.4) is 0 Å². The second-order valence-corrected chi connectivity index (χ2v) is 11.0. The van der Waals surface area contributed by atoms with E-state index in [1.54, 1.807) is 49.4 Å². The van der Waals surface area contributed by atoms with Crippen molar-refractivity contribution in [3.8, 4) is 0 Å². The lowest BCUT2D eigenvalue weighted by Gasteiger charge is -2.33. The molecule has 202 valence electrons. The molecular formula is C28H31ClFN3O4S. The number of carbonyl (C=O) groups is 2. The highest BCUT2D eigenvalue weighted by atomic mass is 35.5. The zero-order chi connectivity index (χ0) is 27.7. The lowest BCUT2D eigenvalue weighted by atomic mass is 10.1. The van der Waals surface area contributed by atoms with Crippen molar-refractivity contribution in [3.63, 3.8) is 0 Å². The molecule has 3 aromatic rings. The molecule has 0 unspecified atom stereocenters. The minimum absolute atomic E-state index is 0.0193. The molecule has 1 N–H and O–H groups in total. The highest BCUT2D eigenvalue weighted by Crippen LogP contribution is 2.25. The number of nitrogens with zero attached hydrogens (tertiary/aromatic N) is 2. The van der Waals surface area contributed by atoms with E-state index in [-0.39, 0.29) is 23.0 Å². The standard InChI is InChI=1S/C28H31ClFN3O4S/c1-3-18-31-28(35)26(4-2)32(19-21-10-12-22(29)13-11-21)27(34)20-33(24-16-14-23(30)15-17-24)38(36,37)25-8-6-5-7-9-25/h5-17,26H,3-4,18-20H2,1-2H3,(H,31,35)/t26-/m0/s1. The summed E-state index contributed by atoms with van der Waals surface area (Å²) >= 11 is 6.02. The van der Waals surface area contributed by atoms with Crippen molar-refractivity contribution in [2.45, 2.75) is 44.2 Å². The SMILES string of the molecule is CCCNC(=O)[C@H](CC)N(Cc1ccc(Cl)cc1)C(=O)CN(c1ccc(F)cc1)S(=O)(=O)c1ccccc1. The van der Waals surface area contributed by atoms with E-state index < -0.39 is 34.3 Å². The van der Waals surface area contributed by atoms with Gasteiger partial charge in [-0.05, 0) is 66.9 Å². The first-order chi connectivity index (χ1) is 18.2. The zero-order valence-electron chi connectivity index (χ0n) is 21.3. The first-order valence-corrected chi connectivity index (χ1v) is 14.1. The maximum Gasteiger partial charge on any atom is 0.264 e. The Bertz CT molecular complexity index is 1320. The molecular weight excluding hydrogens is 529 g/mol. The minimum Gasteiger partial charge on any atom is -0.354 e. The second kappa shape index (κ2) is 13.4. The predicted molar refractivity (Wildman–Crippen MR) is 147 cm³/mol. The minimum atomic E-state index is -4.20. The number of sulfonamides is 1. The molecule has 0 aromatic heterocycles. The van der Waals surface area contributed by atoms with Crippen LogP contribution in [0.5, 0.6) is 0 Å². The van der Waals surface area contributed by atoms with Crippen molar-refractivity contribution >= 4 is 39.1 Å². The van der Waals surface area contributed by atoms with Crippen LogP contribution in [-0.4, -0.2) is 44.3 Å². The Balaban J connectivity index is 2.02. The number of nitrogens with one attached hydrogen (secondary N) is 1. The number of rotatable bonds is 12. The van der Waals surface area contributed by atoms with Gasteiger partial charge in [-0.3, -0.25) is 13.9 Å². The maximum absolute atomic E-state index is 13.9. The van der Waals surface area contributed by atoms with E-state index in [1.807, 2.05) is 6.92 Å². The molecule has 3 aromatic carbocycles. The van der Waals surface area contributed by atoms with Crippen LogP contribution in [0.1, 0.15) is 32.3 Å². The molecule has 2 amide bonds. The van der Waals surface area contributed by atoms with Gasteiger partial charge < -0.3 is 10.2 Å². The molecule has 7 nitrogen and oxygen atoms in total. The van der Waals surface area contributed by atoms with Gasteiger partial charge in [0.25, 0.3) is 10.0 Å². The normalized spacial score (nSPS) is 12.0. The summed E-state index contributed by atoms with van der Waals surface area (Å²) in [6.45, 7) is 3.64. The fraction of sp³-hybridized carbons (Fsp3) is 0.286. The Morgan fingerprint density at radius 1 is 0.947 bits per heavy atom. The van der Waals surface area contributed by atoms with Crippen molar-refractivity contribution in [3.05, 3.63) is 95.3 Å². The van der Waals surface area contributed by atoms with Crippen molar-refractivity contribution in [2.75, 3.05) is 17.4 Å². The third-order valence-electron chi connectivity index (χ3n) is 5.93. The van der Waals surface area contributed by atoms with Crippen LogP contribution in [-0.2, 0) is 26.2 Å². The molecule has 0 aliphatic carbocycles. The van der Waals surface area contributed by atoms with Crippen LogP contribution in [0.4, 0.5) is 10.1 Å². The largest absolute Gasteiger partial charge is 0.354 e. The van der Waals surface area contributed by atoms with E-state index in [1.165, 1.54) is 29.2 Å². The van der Waals surface area contributed by atoms with Crippen LogP contribution in [0.15, 0.2) is 83.8 Å². The Hall–Kier alpha value is -3.43. The van der Waals surface area contributed by atoms with Gasteiger partial charge in [-0.1, -0.05) is 55.8 Å². The number of hydrogen-bond acceptors (Lipinski definition) is 4. The van der Waals surface area contributed by atoms with Crippen LogP contribution < -0.4 is 9.62 Å². The van der Waals surface area contributed by atoms with Crippen molar-refractivity contribution < 1.29 is 22.4 Å². The van der Waals surface area contributed by atoms with Gasteiger partial charge in [0.1, 0.15) is 18.4 Å². The quantitative estimate of drug-likeness (QED) is 0.338. The fourth-order valence-electron chi connectivity index (χ4n) is 3.93. The van der Waals surface area contributed by atoms with Gasteiger partial charge in [0, 0.05) is 18.1 Å². The molecule has 1 atom stereocenters. The summed E-state index contributed by atoms with van der Waals surface area (Å²) in [6, 6.07) is 18.6. The molecule has 0 saturated heterocycles. The van der Waals surface area contributed by atoms with Gasteiger partial charge >= 0.3 is 0 Å². The van der Waals surface area contributed by atoms with Gasteiger partial charge in [-0.15, -0.1) is 0 Å². The van der Waals surface area contributed by atoms with E-state index in [2.05, 4.69) is 5.32 Å². The lowest BCUT2D eigenvalue weighted by Crippen LogP contribution is -2.52. The fourth-order valence-corrected chi connectivity index (χ4v) is 5.49. The molecule has 0 fully saturated rings. The first-order valence-electron chi connectivity index (χ1n) is 12.3. The summed E-state index contributed by atoms with van der Waals surface area (Å²) in [6.07, 6.45) is 1.04. The second-order valence-electron chi connectivity index (χ2n) is 8.66. The van der Waals surface area contributed by atoms with E-state index in [9.17, 15) is 22.4 Å². The van der Waals surface area contributed by atoms with Crippen molar-refractivity contribution in [1.82, 2.24) is 10.2 Å². The molecule has 0 spiro atoms. The summed E-state index contributed by atoms with van der Waals surface area (Å²) in [5.74, 6) is -1.45. The highest BCUT2D eigenvalue weighted by Gasteiger charge is 2.33. The highest BCUT2D eigenvalue weighted by molar-refractivity contribution is 7.92. The van der Waals surface area contributed by atoms with E-state index in [0.717, 1.165) is 28.4 Å². The number of benzene rings is 3. The number of hydrogen-bond donors (Lipinski definition) is 1. The molecule has 0 radical (unpaired) electrons. The average molecular weight is 560 g/mol. The molecule has 0 heterocycles. The smallest absolute Gasteiger partial charge is 0.264 e. The predicted octanol–water partition coefficient (Wildman–Crippen LogP) is 5.01. The number of anilines is 1. The Kier molecular flexibility index (Phi) is 10.3. The number of halogens is 2. The summed E-state index contributed by atoms with van der Waals surface area (Å²) in [5.41, 5.74) is 0.849. The van der Waals surface area contributed by atoms with Gasteiger partial charge in [-0.2, -0.15) is 0 Å². The van der Waals surface area contributed by atoms with Crippen molar-refractivity contribution in [2.24, 2.45) is 0 Å². The Morgan fingerprint density at radius 2 is 1.58 bits per heavy atom. The molecule has 3 rings (SSSR count). The van der Waals surface area contributed by atoms with Gasteiger partial charge in [0.05, 0.1) is 10.6 Å². The van der Waals surface area contributed by atoms with Crippen LogP contribution in [0.25, 0.3) is 0 Å². The monoisotopic (exact) mass is 559 g/mol. The lowest BCUT2D eigenvalue weighted by molar-refractivity contribution is -0.140. The summed E-state index contributed by atoms with van der Waals surface area (Å²) in [5, 5.41) is 3.36. The van der Waals surface area contributed by atoms with Crippen molar-refractivity contribution in [1.29, 1.82) is 0 Å². The average Bonchev–Trinajstić information content (AvgIpc) is 2.92. The zero-order valence-corrected chi connectivity index (χ0v) is 22.9. The molecule has 10 heteroatoms. The third kappa shape index (κ3) is 7.33. The third-order valence-corrected chi connectivity index (χ3v) is 7.97. The summed E-state index contributed by atoms with van der Waals surface area (Å²) in [7, 11) is -4.20. The molecule has 0 bridgehead atoms. The van der Waals surface area contributed by atoms with Gasteiger partial charge in [-0.25, -0.2) is 12.8 Å². The van der Waals surface area contributed by atoms with E-state index >= 15 is 0 Å². The van der Waals surface area contributed by atoms with Crippen LogP contribution in [0.2, 0.25) is 5.02 Å².